The molecular weight excluding hydrogens is 358 g/mol. The fraction of sp³-hybridized carbons (Fsp3) is 0.100. The van der Waals surface area contributed by atoms with E-state index in [-0.39, 0.29) is 24.3 Å². The van der Waals surface area contributed by atoms with Crippen molar-refractivity contribution in [3.8, 4) is 5.75 Å². The van der Waals surface area contributed by atoms with E-state index in [0.717, 1.165) is 11.3 Å². The standard InChI is InChI=1S/C20H19N5O3/c1-27-16-9-5-6-14(12-16)10-11-18(26)28-13-17-23-19(21)25-20(24-17)22-15-7-3-2-4-8-15/h2-12H,13H2,1H3,(H3,21,22,23,24,25)/b11-10+. The number of methoxy groups -OCH3 is 1. The van der Waals surface area contributed by atoms with Gasteiger partial charge in [0.2, 0.25) is 11.9 Å². The molecule has 0 amide bonds. The van der Waals surface area contributed by atoms with Gasteiger partial charge < -0.3 is 20.5 Å². The average molecular weight is 377 g/mol. The molecule has 1 aromatic heterocycles. The second-order valence-corrected chi connectivity index (χ2v) is 5.64. The highest BCUT2D eigenvalue weighted by Gasteiger charge is 2.07. The fourth-order valence-electron chi connectivity index (χ4n) is 2.30. The minimum atomic E-state index is -0.528. The number of nitrogens with zero attached hydrogens (tertiary/aromatic N) is 3. The summed E-state index contributed by atoms with van der Waals surface area (Å²) in [5, 5.41) is 3.02. The molecule has 3 rings (SSSR count). The number of hydrogen-bond acceptors (Lipinski definition) is 8. The summed E-state index contributed by atoms with van der Waals surface area (Å²) in [5.41, 5.74) is 7.33. The van der Waals surface area contributed by atoms with E-state index in [1.54, 1.807) is 19.3 Å². The third kappa shape index (κ3) is 5.53. The van der Waals surface area contributed by atoms with Gasteiger partial charge in [-0.1, -0.05) is 30.3 Å². The normalized spacial score (nSPS) is 10.6. The summed E-state index contributed by atoms with van der Waals surface area (Å²) in [6, 6.07) is 16.7. The van der Waals surface area contributed by atoms with Crippen LogP contribution in [0.5, 0.6) is 5.75 Å². The Morgan fingerprint density at radius 3 is 2.71 bits per heavy atom. The highest BCUT2D eigenvalue weighted by atomic mass is 16.5. The van der Waals surface area contributed by atoms with E-state index in [1.807, 2.05) is 48.5 Å². The minimum Gasteiger partial charge on any atom is -0.497 e. The minimum absolute atomic E-state index is 0.0337. The number of nitrogens with two attached hydrogens (primary N) is 1. The molecule has 0 saturated heterocycles. The van der Waals surface area contributed by atoms with E-state index >= 15 is 0 Å². The quantitative estimate of drug-likeness (QED) is 0.477. The predicted octanol–water partition coefficient (Wildman–Crippen LogP) is 2.96. The first-order valence-electron chi connectivity index (χ1n) is 8.44. The van der Waals surface area contributed by atoms with Crippen LogP contribution in [0.25, 0.3) is 6.08 Å². The zero-order chi connectivity index (χ0) is 19.8. The number of esters is 1. The Labute approximate surface area is 162 Å². The molecule has 28 heavy (non-hydrogen) atoms. The van der Waals surface area contributed by atoms with Crippen molar-refractivity contribution in [1.29, 1.82) is 0 Å². The van der Waals surface area contributed by atoms with Crippen molar-refractivity contribution in [1.82, 2.24) is 15.0 Å². The van der Waals surface area contributed by atoms with E-state index in [1.165, 1.54) is 6.08 Å². The Kier molecular flexibility index (Phi) is 6.14. The summed E-state index contributed by atoms with van der Waals surface area (Å²) in [4.78, 5) is 24.2. The number of para-hydroxylation sites is 1. The highest BCUT2D eigenvalue weighted by molar-refractivity contribution is 5.87. The lowest BCUT2D eigenvalue weighted by Crippen LogP contribution is -2.10. The molecule has 0 spiro atoms. The summed E-state index contributed by atoms with van der Waals surface area (Å²) in [7, 11) is 1.58. The average Bonchev–Trinajstić information content (AvgIpc) is 2.71. The van der Waals surface area contributed by atoms with Crippen LogP contribution in [0.3, 0.4) is 0 Å². The predicted molar refractivity (Wildman–Crippen MR) is 106 cm³/mol. The Balaban J connectivity index is 1.60. The molecule has 8 nitrogen and oxygen atoms in total. The van der Waals surface area contributed by atoms with Crippen LogP contribution in [0, 0.1) is 0 Å². The van der Waals surface area contributed by atoms with Crippen LogP contribution in [0.15, 0.2) is 60.7 Å². The van der Waals surface area contributed by atoms with Gasteiger partial charge >= 0.3 is 5.97 Å². The zero-order valence-electron chi connectivity index (χ0n) is 15.2. The smallest absolute Gasteiger partial charge is 0.331 e. The summed E-state index contributed by atoms with van der Waals surface area (Å²) in [5.74, 6) is 0.728. The lowest BCUT2D eigenvalue weighted by Gasteiger charge is -2.07. The third-order valence-corrected chi connectivity index (χ3v) is 3.58. The molecule has 0 radical (unpaired) electrons. The maximum atomic E-state index is 11.9. The van der Waals surface area contributed by atoms with Crippen LogP contribution >= 0.6 is 0 Å². The Bertz CT molecular complexity index is 977. The van der Waals surface area contributed by atoms with E-state index in [9.17, 15) is 4.79 Å². The Morgan fingerprint density at radius 2 is 1.93 bits per heavy atom. The first-order chi connectivity index (χ1) is 13.6. The SMILES string of the molecule is COc1cccc(/C=C/C(=O)OCc2nc(N)nc(Nc3ccccc3)n2)c1. The zero-order valence-corrected chi connectivity index (χ0v) is 15.2. The molecule has 0 aliphatic carbocycles. The first kappa shape index (κ1) is 18.8. The van der Waals surface area contributed by atoms with Gasteiger partial charge in [0.15, 0.2) is 12.4 Å². The maximum absolute atomic E-state index is 11.9. The van der Waals surface area contributed by atoms with Gasteiger partial charge in [-0.05, 0) is 35.9 Å². The largest absolute Gasteiger partial charge is 0.497 e. The van der Waals surface area contributed by atoms with Gasteiger partial charge in [-0.2, -0.15) is 15.0 Å². The topological polar surface area (TPSA) is 112 Å². The second-order valence-electron chi connectivity index (χ2n) is 5.64. The van der Waals surface area contributed by atoms with Crippen molar-refractivity contribution < 1.29 is 14.3 Å². The van der Waals surface area contributed by atoms with Gasteiger partial charge in [0, 0.05) is 11.8 Å². The lowest BCUT2D eigenvalue weighted by atomic mass is 10.2. The molecule has 0 atom stereocenters. The Morgan fingerprint density at radius 1 is 1.11 bits per heavy atom. The van der Waals surface area contributed by atoms with Crippen molar-refractivity contribution in [3.05, 3.63) is 72.1 Å². The van der Waals surface area contributed by atoms with Crippen LogP contribution in [-0.2, 0) is 16.1 Å². The number of aromatic nitrogens is 3. The van der Waals surface area contributed by atoms with Crippen molar-refractivity contribution in [2.24, 2.45) is 0 Å². The van der Waals surface area contributed by atoms with Crippen LogP contribution in [0.1, 0.15) is 11.4 Å². The number of benzene rings is 2. The number of rotatable bonds is 7. The van der Waals surface area contributed by atoms with Crippen LogP contribution < -0.4 is 15.8 Å². The van der Waals surface area contributed by atoms with Crippen molar-refractivity contribution in [3.63, 3.8) is 0 Å². The molecule has 0 unspecified atom stereocenters. The van der Waals surface area contributed by atoms with Gasteiger partial charge in [-0.15, -0.1) is 0 Å². The van der Waals surface area contributed by atoms with Crippen molar-refractivity contribution in [2.75, 3.05) is 18.2 Å². The number of nitrogens with one attached hydrogen (secondary N) is 1. The van der Waals surface area contributed by atoms with Gasteiger partial charge in [-0.3, -0.25) is 0 Å². The van der Waals surface area contributed by atoms with Gasteiger partial charge in [0.05, 0.1) is 7.11 Å². The van der Waals surface area contributed by atoms with Gasteiger partial charge in [-0.25, -0.2) is 4.79 Å². The number of anilines is 3. The van der Waals surface area contributed by atoms with E-state index in [4.69, 9.17) is 15.2 Å². The molecule has 0 fully saturated rings. The van der Waals surface area contributed by atoms with E-state index in [0.29, 0.717) is 5.75 Å². The fourth-order valence-corrected chi connectivity index (χ4v) is 2.30. The number of carbonyl (C=O) groups excluding carboxylic acids is 1. The molecular formula is C20H19N5O3. The molecule has 0 saturated carbocycles. The first-order valence-corrected chi connectivity index (χ1v) is 8.44. The van der Waals surface area contributed by atoms with E-state index < -0.39 is 5.97 Å². The summed E-state index contributed by atoms with van der Waals surface area (Å²) in [6.45, 7) is -0.128. The van der Waals surface area contributed by atoms with Crippen LogP contribution in [0.2, 0.25) is 0 Å². The molecule has 3 N–H and O–H groups in total. The maximum Gasteiger partial charge on any atom is 0.331 e. The molecule has 0 aliphatic heterocycles. The molecule has 142 valence electrons. The molecule has 0 bridgehead atoms. The molecule has 1 heterocycles. The summed E-state index contributed by atoms with van der Waals surface area (Å²) < 4.78 is 10.3. The monoisotopic (exact) mass is 377 g/mol. The molecule has 3 aromatic rings. The lowest BCUT2D eigenvalue weighted by molar-refractivity contribution is -0.139. The number of nitrogen functional groups attached to an aromatic ring is 1. The number of ether oxygens (including phenoxy) is 2. The van der Waals surface area contributed by atoms with Crippen molar-refractivity contribution in [2.45, 2.75) is 6.61 Å². The third-order valence-electron chi connectivity index (χ3n) is 3.58. The van der Waals surface area contributed by atoms with Gasteiger partial charge in [0.1, 0.15) is 5.75 Å². The number of hydrogen-bond donors (Lipinski definition) is 2. The molecule has 0 aliphatic rings. The molecule has 2 aromatic carbocycles. The second kappa shape index (κ2) is 9.13. The van der Waals surface area contributed by atoms with Crippen LogP contribution in [-0.4, -0.2) is 28.0 Å². The number of carbonyl (C=O) groups is 1. The van der Waals surface area contributed by atoms with Crippen LogP contribution in [0.4, 0.5) is 17.6 Å². The van der Waals surface area contributed by atoms with Gasteiger partial charge in [0.25, 0.3) is 0 Å². The summed E-state index contributed by atoms with van der Waals surface area (Å²) >= 11 is 0. The van der Waals surface area contributed by atoms with E-state index in [2.05, 4.69) is 20.3 Å². The summed E-state index contributed by atoms with van der Waals surface area (Å²) in [6.07, 6.45) is 2.96. The Hall–Kier alpha value is -3.94. The van der Waals surface area contributed by atoms with Crippen molar-refractivity contribution >= 4 is 29.6 Å². The molecule has 8 heteroatoms. The highest BCUT2D eigenvalue weighted by Crippen LogP contribution is 2.14.